The molecule has 0 atom stereocenters. The first kappa shape index (κ1) is 21.2. The maximum Gasteiger partial charge on any atom is 0.173 e. The van der Waals surface area contributed by atoms with E-state index in [1.807, 2.05) is 6.33 Å². The summed E-state index contributed by atoms with van der Waals surface area (Å²) in [4.78, 5) is 18.2. The molecule has 7 heteroatoms. The first-order chi connectivity index (χ1) is 14.5. The third kappa shape index (κ3) is 4.52. The highest BCUT2D eigenvalue weighted by atomic mass is 32.1. The molecule has 162 valence electrons. The maximum absolute atomic E-state index is 4.96. The topological polar surface area (TPSA) is 58.9 Å². The summed E-state index contributed by atoms with van der Waals surface area (Å²) >= 11 is 1.68. The van der Waals surface area contributed by atoms with Crippen LogP contribution in [0.2, 0.25) is 0 Å². The van der Waals surface area contributed by atoms with Crippen molar-refractivity contribution in [1.82, 2.24) is 24.4 Å². The number of fused-ring (bicyclic) bond motifs is 1. The van der Waals surface area contributed by atoms with E-state index in [-0.39, 0.29) is 0 Å². The van der Waals surface area contributed by atoms with Crippen molar-refractivity contribution in [2.75, 3.05) is 18.4 Å². The molecule has 1 aliphatic rings. The normalized spacial score (nSPS) is 15.7. The van der Waals surface area contributed by atoms with Gasteiger partial charge in [0.05, 0.1) is 11.2 Å². The van der Waals surface area contributed by atoms with Gasteiger partial charge in [-0.05, 0) is 52.0 Å². The third-order valence-electron chi connectivity index (χ3n) is 6.12. The SMILES string of the molecule is CC(C)N(CCNc1nc(-c2cccs2)nc2c1ncn2C1CCCCC1)C(C)C. The summed E-state index contributed by atoms with van der Waals surface area (Å²) in [6, 6.07) is 5.69. The minimum absolute atomic E-state index is 0.500. The van der Waals surface area contributed by atoms with E-state index in [0.717, 1.165) is 40.8 Å². The van der Waals surface area contributed by atoms with Gasteiger partial charge in [-0.15, -0.1) is 11.3 Å². The lowest BCUT2D eigenvalue weighted by atomic mass is 9.95. The van der Waals surface area contributed by atoms with Crippen molar-refractivity contribution >= 4 is 28.3 Å². The van der Waals surface area contributed by atoms with Crippen LogP contribution in [0, 0.1) is 0 Å². The highest BCUT2D eigenvalue weighted by molar-refractivity contribution is 7.13. The fourth-order valence-corrected chi connectivity index (χ4v) is 5.26. The van der Waals surface area contributed by atoms with E-state index in [2.05, 4.69) is 60.0 Å². The predicted molar refractivity (Wildman–Crippen MR) is 126 cm³/mol. The molecule has 0 amide bonds. The Balaban J connectivity index is 1.65. The van der Waals surface area contributed by atoms with Crippen LogP contribution in [0.4, 0.5) is 5.82 Å². The molecule has 1 fully saturated rings. The van der Waals surface area contributed by atoms with Crippen LogP contribution in [-0.4, -0.2) is 49.6 Å². The molecule has 3 aromatic rings. The van der Waals surface area contributed by atoms with Gasteiger partial charge < -0.3 is 9.88 Å². The summed E-state index contributed by atoms with van der Waals surface area (Å²) in [6.07, 6.45) is 8.33. The number of anilines is 1. The van der Waals surface area contributed by atoms with Crippen molar-refractivity contribution in [1.29, 1.82) is 0 Å². The van der Waals surface area contributed by atoms with E-state index in [1.165, 1.54) is 32.1 Å². The molecule has 0 saturated heterocycles. The molecule has 3 aromatic heterocycles. The van der Waals surface area contributed by atoms with Gasteiger partial charge in [0.2, 0.25) is 0 Å². The average molecular weight is 427 g/mol. The van der Waals surface area contributed by atoms with Gasteiger partial charge in [-0.3, -0.25) is 4.90 Å². The van der Waals surface area contributed by atoms with Gasteiger partial charge in [0.15, 0.2) is 17.3 Å². The van der Waals surface area contributed by atoms with Crippen LogP contribution in [0.3, 0.4) is 0 Å². The number of hydrogen-bond donors (Lipinski definition) is 1. The van der Waals surface area contributed by atoms with Crippen molar-refractivity contribution < 1.29 is 0 Å². The van der Waals surface area contributed by atoms with E-state index < -0.39 is 0 Å². The lowest BCUT2D eigenvalue weighted by Crippen LogP contribution is -2.40. The molecule has 4 rings (SSSR count). The molecule has 0 radical (unpaired) electrons. The smallest absolute Gasteiger partial charge is 0.173 e. The summed E-state index contributed by atoms with van der Waals surface area (Å²) in [5.74, 6) is 1.65. The summed E-state index contributed by atoms with van der Waals surface area (Å²) in [5.41, 5.74) is 1.86. The van der Waals surface area contributed by atoms with Crippen LogP contribution in [-0.2, 0) is 0 Å². The van der Waals surface area contributed by atoms with Gasteiger partial charge in [-0.25, -0.2) is 15.0 Å². The van der Waals surface area contributed by atoms with Crippen molar-refractivity contribution in [3.63, 3.8) is 0 Å². The predicted octanol–water partition coefficient (Wildman–Crippen LogP) is 5.59. The van der Waals surface area contributed by atoms with Gasteiger partial charge >= 0.3 is 0 Å². The number of thiophene rings is 1. The van der Waals surface area contributed by atoms with Crippen molar-refractivity contribution in [3.05, 3.63) is 23.8 Å². The number of nitrogens with one attached hydrogen (secondary N) is 1. The Kier molecular flexibility index (Phi) is 6.68. The molecule has 3 heterocycles. The van der Waals surface area contributed by atoms with E-state index in [1.54, 1.807) is 11.3 Å². The lowest BCUT2D eigenvalue weighted by Gasteiger charge is -2.30. The maximum atomic E-state index is 4.96. The minimum Gasteiger partial charge on any atom is -0.367 e. The molecule has 1 N–H and O–H groups in total. The number of aromatic nitrogens is 4. The van der Waals surface area contributed by atoms with E-state index in [4.69, 9.17) is 15.0 Å². The Hall–Kier alpha value is -1.99. The molecule has 30 heavy (non-hydrogen) atoms. The van der Waals surface area contributed by atoms with Crippen molar-refractivity contribution in [2.24, 2.45) is 0 Å². The Morgan fingerprint density at radius 2 is 1.90 bits per heavy atom. The first-order valence-electron chi connectivity index (χ1n) is 11.3. The molecule has 1 aliphatic carbocycles. The summed E-state index contributed by atoms with van der Waals surface area (Å²) in [6.45, 7) is 10.8. The molecular formula is C23H34N6S. The Bertz CT molecular complexity index is 932. The lowest BCUT2D eigenvalue weighted by molar-refractivity contribution is 0.182. The second-order valence-corrected chi connectivity index (χ2v) is 9.79. The fourth-order valence-electron chi connectivity index (χ4n) is 4.60. The van der Waals surface area contributed by atoms with Crippen LogP contribution in [0.1, 0.15) is 65.8 Å². The summed E-state index contributed by atoms with van der Waals surface area (Å²) in [5, 5.41) is 5.66. The van der Waals surface area contributed by atoms with Crippen LogP contribution < -0.4 is 5.32 Å². The fraction of sp³-hybridized carbons (Fsp3) is 0.609. The second-order valence-electron chi connectivity index (χ2n) is 8.84. The zero-order valence-electron chi connectivity index (χ0n) is 18.6. The van der Waals surface area contributed by atoms with Crippen LogP contribution in [0.25, 0.3) is 21.9 Å². The second kappa shape index (κ2) is 9.43. The Labute approximate surface area is 183 Å². The van der Waals surface area contributed by atoms with E-state index in [0.29, 0.717) is 18.1 Å². The highest BCUT2D eigenvalue weighted by Gasteiger charge is 2.21. The van der Waals surface area contributed by atoms with E-state index in [9.17, 15) is 0 Å². The number of imidazole rings is 1. The van der Waals surface area contributed by atoms with Gasteiger partial charge in [0, 0.05) is 31.2 Å². The number of hydrogen-bond acceptors (Lipinski definition) is 6. The van der Waals surface area contributed by atoms with Crippen molar-refractivity contribution in [2.45, 2.75) is 77.9 Å². The van der Waals surface area contributed by atoms with Crippen LogP contribution in [0.15, 0.2) is 23.8 Å². The highest BCUT2D eigenvalue weighted by Crippen LogP contribution is 2.33. The number of nitrogens with zero attached hydrogens (tertiary/aromatic N) is 5. The first-order valence-corrected chi connectivity index (χ1v) is 12.2. The summed E-state index contributed by atoms with van der Waals surface area (Å²) in [7, 11) is 0. The quantitative estimate of drug-likeness (QED) is 0.509. The Morgan fingerprint density at radius 1 is 1.13 bits per heavy atom. The van der Waals surface area contributed by atoms with Gasteiger partial charge in [-0.1, -0.05) is 25.3 Å². The average Bonchev–Trinajstić information content (AvgIpc) is 3.41. The van der Waals surface area contributed by atoms with E-state index >= 15 is 0 Å². The molecule has 0 aromatic carbocycles. The van der Waals surface area contributed by atoms with Crippen LogP contribution >= 0.6 is 11.3 Å². The van der Waals surface area contributed by atoms with Gasteiger partial charge in [0.1, 0.15) is 5.52 Å². The molecular weight excluding hydrogens is 392 g/mol. The molecule has 0 aliphatic heterocycles. The molecule has 0 spiro atoms. The molecule has 0 bridgehead atoms. The van der Waals surface area contributed by atoms with Crippen LogP contribution in [0.5, 0.6) is 0 Å². The molecule has 6 nitrogen and oxygen atoms in total. The third-order valence-corrected chi connectivity index (χ3v) is 6.99. The summed E-state index contributed by atoms with van der Waals surface area (Å²) < 4.78 is 2.30. The van der Waals surface area contributed by atoms with Gasteiger partial charge in [0.25, 0.3) is 0 Å². The molecule has 1 saturated carbocycles. The Morgan fingerprint density at radius 3 is 2.57 bits per heavy atom. The molecule has 0 unspecified atom stereocenters. The zero-order chi connectivity index (χ0) is 21.1. The van der Waals surface area contributed by atoms with Crippen molar-refractivity contribution in [3.8, 4) is 10.7 Å². The standard InChI is InChI=1S/C23H34N6S/c1-16(2)28(17(3)4)13-12-24-22-20-23(27-21(26-22)19-11-8-14-30-19)29(15-25-20)18-9-6-5-7-10-18/h8,11,14-18H,5-7,9-10,12-13H2,1-4H3,(H,24,26,27). The zero-order valence-corrected chi connectivity index (χ0v) is 19.5. The minimum atomic E-state index is 0.500. The largest absolute Gasteiger partial charge is 0.367 e. The monoisotopic (exact) mass is 426 g/mol. The van der Waals surface area contributed by atoms with Gasteiger partial charge in [-0.2, -0.15) is 0 Å². The number of rotatable bonds is 8.